The zero-order chi connectivity index (χ0) is 13.2. The van der Waals surface area contributed by atoms with E-state index in [0.717, 1.165) is 55.1 Å². The third-order valence-electron chi connectivity index (χ3n) is 4.54. The van der Waals surface area contributed by atoms with Crippen molar-refractivity contribution in [3.63, 3.8) is 0 Å². The third-order valence-corrected chi connectivity index (χ3v) is 4.76. The summed E-state index contributed by atoms with van der Waals surface area (Å²) in [5, 5.41) is 4.34. The van der Waals surface area contributed by atoms with E-state index < -0.39 is 0 Å². The molecule has 1 saturated carbocycles. The molecule has 3 heteroatoms. The second kappa shape index (κ2) is 5.72. The van der Waals surface area contributed by atoms with Crippen LogP contribution in [0.4, 0.5) is 0 Å². The molecular formula is C16H22ClNO. The number of benzene rings is 1. The summed E-state index contributed by atoms with van der Waals surface area (Å²) in [5.74, 6) is 2.75. The van der Waals surface area contributed by atoms with E-state index in [9.17, 15) is 0 Å². The Labute approximate surface area is 120 Å². The van der Waals surface area contributed by atoms with Crippen LogP contribution in [-0.2, 0) is 12.8 Å². The van der Waals surface area contributed by atoms with E-state index in [4.69, 9.17) is 16.3 Å². The Kier molecular flexibility index (Phi) is 3.99. The number of hydrogen-bond acceptors (Lipinski definition) is 2. The Hall–Kier alpha value is -0.730. The van der Waals surface area contributed by atoms with Gasteiger partial charge in [-0.1, -0.05) is 18.5 Å². The first-order chi connectivity index (χ1) is 9.28. The summed E-state index contributed by atoms with van der Waals surface area (Å²) in [7, 11) is 0. The van der Waals surface area contributed by atoms with Gasteiger partial charge in [-0.05, 0) is 67.4 Å². The standard InChI is InChI=1S/C16H22ClNO/c1-2-18-10-13-4-3-11(13)7-14-9-15(17)8-12-5-6-19-16(12)14/h8-9,11,13,18H,2-7,10H2,1H3. The molecule has 0 aromatic heterocycles. The lowest BCUT2D eigenvalue weighted by Crippen LogP contribution is -2.36. The molecule has 1 aromatic carbocycles. The summed E-state index contributed by atoms with van der Waals surface area (Å²) in [4.78, 5) is 0. The van der Waals surface area contributed by atoms with Gasteiger partial charge in [-0.15, -0.1) is 0 Å². The molecule has 1 aromatic rings. The third kappa shape index (κ3) is 2.75. The highest BCUT2D eigenvalue weighted by molar-refractivity contribution is 6.30. The van der Waals surface area contributed by atoms with E-state index in [-0.39, 0.29) is 0 Å². The second-order valence-electron chi connectivity index (χ2n) is 5.76. The fraction of sp³-hybridized carbons (Fsp3) is 0.625. The van der Waals surface area contributed by atoms with Crippen molar-refractivity contribution in [2.24, 2.45) is 11.8 Å². The molecule has 0 spiro atoms. The molecule has 2 nitrogen and oxygen atoms in total. The fourth-order valence-electron chi connectivity index (χ4n) is 3.29. The molecule has 0 amide bonds. The SMILES string of the molecule is CCNCC1CCC1Cc1cc(Cl)cc2c1OCC2. The number of rotatable bonds is 5. The van der Waals surface area contributed by atoms with Crippen molar-refractivity contribution in [2.45, 2.75) is 32.6 Å². The van der Waals surface area contributed by atoms with E-state index in [1.165, 1.54) is 24.0 Å². The van der Waals surface area contributed by atoms with Gasteiger partial charge >= 0.3 is 0 Å². The van der Waals surface area contributed by atoms with Gasteiger partial charge in [-0.3, -0.25) is 0 Å². The summed E-state index contributed by atoms with van der Waals surface area (Å²) in [6, 6.07) is 4.17. The smallest absolute Gasteiger partial charge is 0.125 e. The highest BCUT2D eigenvalue weighted by Gasteiger charge is 2.31. The first-order valence-corrected chi connectivity index (χ1v) is 7.80. The van der Waals surface area contributed by atoms with Crippen LogP contribution in [0.2, 0.25) is 5.02 Å². The van der Waals surface area contributed by atoms with Crippen molar-refractivity contribution in [3.8, 4) is 5.75 Å². The lowest BCUT2D eigenvalue weighted by molar-refractivity contribution is 0.170. The maximum absolute atomic E-state index is 6.23. The molecule has 2 aliphatic rings. The van der Waals surface area contributed by atoms with Gasteiger partial charge in [-0.2, -0.15) is 0 Å². The molecule has 19 heavy (non-hydrogen) atoms. The highest BCUT2D eigenvalue weighted by Crippen LogP contribution is 2.40. The van der Waals surface area contributed by atoms with Crippen molar-refractivity contribution in [3.05, 3.63) is 28.3 Å². The van der Waals surface area contributed by atoms with Gasteiger partial charge in [0.15, 0.2) is 0 Å². The summed E-state index contributed by atoms with van der Waals surface area (Å²) in [6.45, 7) is 5.21. The van der Waals surface area contributed by atoms with Gasteiger partial charge in [0.25, 0.3) is 0 Å². The number of nitrogens with one attached hydrogen (secondary N) is 1. The van der Waals surface area contributed by atoms with Crippen LogP contribution >= 0.6 is 11.6 Å². The van der Waals surface area contributed by atoms with Crippen LogP contribution in [0, 0.1) is 11.8 Å². The van der Waals surface area contributed by atoms with E-state index >= 15 is 0 Å². The number of hydrogen-bond donors (Lipinski definition) is 1. The monoisotopic (exact) mass is 279 g/mol. The van der Waals surface area contributed by atoms with Crippen molar-refractivity contribution in [2.75, 3.05) is 19.7 Å². The van der Waals surface area contributed by atoms with Crippen LogP contribution in [-0.4, -0.2) is 19.7 Å². The molecule has 3 rings (SSSR count). The first kappa shape index (κ1) is 13.3. The molecule has 1 aliphatic carbocycles. The number of fused-ring (bicyclic) bond motifs is 1. The van der Waals surface area contributed by atoms with E-state index in [0.29, 0.717) is 0 Å². The zero-order valence-corrected chi connectivity index (χ0v) is 12.3. The molecule has 1 N–H and O–H groups in total. The van der Waals surface area contributed by atoms with E-state index in [2.05, 4.69) is 24.4 Å². The zero-order valence-electron chi connectivity index (χ0n) is 11.5. The molecule has 1 aliphatic heterocycles. The van der Waals surface area contributed by atoms with Crippen LogP contribution in [0.15, 0.2) is 12.1 Å². The summed E-state index contributed by atoms with van der Waals surface area (Å²) < 4.78 is 5.80. The van der Waals surface area contributed by atoms with Crippen LogP contribution in [0.5, 0.6) is 5.75 Å². The lowest BCUT2D eigenvalue weighted by atomic mass is 9.70. The Balaban J connectivity index is 1.70. The van der Waals surface area contributed by atoms with Crippen molar-refractivity contribution >= 4 is 11.6 Å². The molecule has 0 radical (unpaired) electrons. The van der Waals surface area contributed by atoms with E-state index in [1.807, 2.05) is 0 Å². The van der Waals surface area contributed by atoms with Crippen molar-refractivity contribution in [1.29, 1.82) is 0 Å². The summed E-state index contributed by atoms with van der Waals surface area (Å²) >= 11 is 6.23. The average Bonchev–Trinajstić information content (AvgIpc) is 2.82. The summed E-state index contributed by atoms with van der Waals surface area (Å²) in [6.07, 6.45) is 4.84. The predicted molar refractivity (Wildman–Crippen MR) is 79.1 cm³/mol. The molecule has 0 bridgehead atoms. The largest absolute Gasteiger partial charge is 0.493 e. The van der Waals surface area contributed by atoms with E-state index in [1.54, 1.807) is 0 Å². The second-order valence-corrected chi connectivity index (χ2v) is 6.20. The maximum Gasteiger partial charge on any atom is 0.125 e. The number of ether oxygens (including phenoxy) is 1. The predicted octanol–water partition coefficient (Wildman–Crippen LogP) is 3.45. The Morgan fingerprint density at radius 2 is 2.16 bits per heavy atom. The Bertz CT molecular complexity index is 460. The Morgan fingerprint density at radius 3 is 2.89 bits per heavy atom. The quantitative estimate of drug-likeness (QED) is 0.891. The topological polar surface area (TPSA) is 21.3 Å². The molecule has 2 unspecified atom stereocenters. The summed E-state index contributed by atoms with van der Waals surface area (Å²) in [5.41, 5.74) is 2.62. The number of halogens is 1. The van der Waals surface area contributed by atoms with Gasteiger partial charge in [-0.25, -0.2) is 0 Å². The van der Waals surface area contributed by atoms with Crippen LogP contribution in [0.25, 0.3) is 0 Å². The lowest BCUT2D eigenvalue weighted by Gasteiger charge is -2.37. The Morgan fingerprint density at radius 1 is 1.32 bits per heavy atom. The van der Waals surface area contributed by atoms with Crippen molar-refractivity contribution < 1.29 is 4.74 Å². The van der Waals surface area contributed by atoms with Crippen LogP contribution < -0.4 is 10.1 Å². The maximum atomic E-state index is 6.23. The molecular weight excluding hydrogens is 258 g/mol. The van der Waals surface area contributed by atoms with Crippen LogP contribution in [0.3, 0.4) is 0 Å². The van der Waals surface area contributed by atoms with Gasteiger partial charge in [0.05, 0.1) is 6.61 Å². The first-order valence-electron chi connectivity index (χ1n) is 7.42. The fourth-order valence-corrected chi connectivity index (χ4v) is 3.55. The molecule has 2 atom stereocenters. The van der Waals surface area contributed by atoms with Gasteiger partial charge in [0.2, 0.25) is 0 Å². The molecule has 1 heterocycles. The van der Waals surface area contributed by atoms with Crippen LogP contribution in [0.1, 0.15) is 30.9 Å². The minimum absolute atomic E-state index is 0.797. The van der Waals surface area contributed by atoms with Gasteiger partial charge < -0.3 is 10.1 Å². The normalized spacial score (nSPS) is 24.7. The average molecular weight is 280 g/mol. The molecule has 1 fully saturated rings. The minimum Gasteiger partial charge on any atom is -0.493 e. The minimum atomic E-state index is 0.797. The molecule has 0 saturated heterocycles. The van der Waals surface area contributed by atoms with Crippen molar-refractivity contribution in [1.82, 2.24) is 5.32 Å². The van der Waals surface area contributed by atoms with Gasteiger partial charge in [0.1, 0.15) is 5.75 Å². The highest BCUT2D eigenvalue weighted by atomic mass is 35.5. The van der Waals surface area contributed by atoms with Gasteiger partial charge in [0, 0.05) is 11.4 Å². The molecule has 104 valence electrons.